The van der Waals surface area contributed by atoms with Crippen molar-refractivity contribution in [1.82, 2.24) is 25.0 Å². The van der Waals surface area contributed by atoms with Crippen LogP contribution in [0, 0.1) is 17.1 Å². The quantitative estimate of drug-likeness (QED) is 0.545. The second-order valence-electron chi connectivity index (χ2n) is 10.2. The van der Waals surface area contributed by atoms with Crippen LogP contribution in [0.2, 0.25) is 0 Å². The molecule has 0 bridgehead atoms. The molecule has 11 nitrogen and oxygen atoms in total. The molecule has 1 saturated heterocycles. The molecule has 12 heteroatoms. The third-order valence-electron chi connectivity index (χ3n) is 6.30. The van der Waals surface area contributed by atoms with E-state index in [1.807, 2.05) is 11.0 Å². The Morgan fingerprint density at radius 3 is 2.72 bits per heavy atom. The maximum absolute atomic E-state index is 15.0. The van der Waals surface area contributed by atoms with E-state index in [0.717, 1.165) is 4.90 Å². The Hall–Kier alpha value is -4.79. The highest BCUT2D eigenvalue weighted by Crippen LogP contribution is 2.34. The number of benzene rings is 1. The highest BCUT2D eigenvalue weighted by molar-refractivity contribution is 6.08. The van der Waals surface area contributed by atoms with Gasteiger partial charge in [-0.3, -0.25) is 9.59 Å². The van der Waals surface area contributed by atoms with Gasteiger partial charge in [0, 0.05) is 38.3 Å². The topological polar surface area (TPSA) is 133 Å². The summed E-state index contributed by atoms with van der Waals surface area (Å²) in [5.41, 5.74) is -0.0227. The first-order chi connectivity index (χ1) is 18.6. The van der Waals surface area contributed by atoms with Gasteiger partial charge in [0.2, 0.25) is 5.91 Å². The molecule has 3 aromatic rings. The summed E-state index contributed by atoms with van der Waals surface area (Å²) in [5, 5.41) is 17.1. The average molecular weight is 532 g/mol. The van der Waals surface area contributed by atoms with Gasteiger partial charge in [0.1, 0.15) is 11.4 Å². The molecule has 2 aliphatic heterocycles. The number of halogens is 1. The van der Waals surface area contributed by atoms with Gasteiger partial charge in [-0.2, -0.15) is 10.4 Å². The normalized spacial score (nSPS) is 15.5. The SMILES string of the molecule is CC(C)(C)OC(=O)N1Cc2nc(-c3c(F)cccc3C#N)cc(-n3ccc(N4CCNC(=O)CC4)n3)c2C1=O. The molecule has 3 amide bonds. The molecule has 5 rings (SSSR count). The first-order valence-electron chi connectivity index (χ1n) is 12.4. The summed E-state index contributed by atoms with van der Waals surface area (Å²) in [5.74, 6) is -0.733. The van der Waals surface area contributed by atoms with Crippen LogP contribution in [0.1, 0.15) is 48.8 Å². The summed E-state index contributed by atoms with van der Waals surface area (Å²) in [6.07, 6.45) is 1.13. The molecule has 0 unspecified atom stereocenters. The van der Waals surface area contributed by atoms with Crippen LogP contribution in [-0.2, 0) is 16.1 Å². The van der Waals surface area contributed by atoms with Gasteiger partial charge < -0.3 is 15.0 Å². The number of hydrogen-bond donors (Lipinski definition) is 1. The molecule has 0 aliphatic carbocycles. The van der Waals surface area contributed by atoms with E-state index in [1.54, 1.807) is 33.0 Å². The zero-order valence-electron chi connectivity index (χ0n) is 21.7. The van der Waals surface area contributed by atoms with Gasteiger partial charge in [0.05, 0.1) is 46.4 Å². The number of carbonyl (C=O) groups excluding carboxylic acids is 3. The number of carbonyl (C=O) groups is 3. The third-order valence-corrected chi connectivity index (χ3v) is 6.30. The molecule has 0 radical (unpaired) electrons. The second-order valence-corrected chi connectivity index (χ2v) is 10.2. The maximum Gasteiger partial charge on any atom is 0.417 e. The van der Waals surface area contributed by atoms with Crippen molar-refractivity contribution in [3.8, 4) is 23.0 Å². The number of anilines is 1. The Labute approximate surface area is 223 Å². The Morgan fingerprint density at radius 1 is 1.18 bits per heavy atom. The lowest BCUT2D eigenvalue weighted by atomic mass is 10.0. The summed E-state index contributed by atoms with van der Waals surface area (Å²) >= 11 is 0. The number of hydrogen-bond acceptors (Lipinski definition) is 8. The van der Waals surface area contributed by atoms with Crippen molar-refractivity contribution in [3.05, 3.63) is 59.2 Å². The van der Waals surface area contributed by atoms with Crippen LogP contribution in [0.3, 0.4) is 0 Å². The van der Waals surface area contributed by atoms with E-state index < -0.39 is 23.4 Å². The summed E-state index contributed by atoms with van der Waals surface area (Å²) in [6, 6.07) is 9.35. The Bertz CT molecular complexity index is 1540. The second kappa shape index (κ2) is 9.83. The zero-order valence-corrected chi connectivity index (χ0v) is 21.7. The first-order valence-corrected chi connectivity index (χ1v) is 12.4. The molecule has 1 fully saturated rings. The summed E-state index contributed by atoms with van der Waals surface area (Å²) < 4.78 is 21.9. The minimum Gasteiger partial charge on any atom is -0.443 e. The van der Waals surface area contributed by atoms with Crippen LogP contribution >= 0.6 is 0 Å². The number of aromatic nitrogens is 3. The Morgan fingerprint density at radius 2 is 1.97 bits per heavy atom. The van der Waals surface area contributed by atoms with Crippen molar-refractivity contribution in [3.63, 3.8) is 0 Å². The molecule has 200 valence electrons. The van der Waals surface area contributed by atoms with Crippen LogP contribution < -0.4 is 10.2 Å². The fourth-order valence-corrected chi connectivity index (χ4v) is 4.55. The Balaban J connectivity index is 1.62. The molecule has 0 saturated carbocycles. The predicted octanol–water partition coefficient (Wildman–Crippen LogP) is 3.16. The first kappa shape index (κ1) is 25.8. The fraction of sp³-hybridized carbons (Fsp3) is 0.333. The van der Waals surface area contributed by atoms with Crippen LogP contribution in [0.25, 0.3) is 16.9 Å². The number of pyridine rings is 1. The average Bonchev–Trinajstić information content (AvgIpc) is 3.43. The van der Waals surface area contributed by atoms with Crippen LogP contribution in [-0.4, -0.2) is 62.8 Å². The van der Waals surface area contributed by atoms with E-state index >= 15 is 0 Å². The van der Waals surface area contributed by atoms with Crippen LogP contribution in [0.15, 0.2) is 36.5 Å². The zero-order chi connectivity index (χ0) is 27.9. The number of ether oxygens (including phenoxy) is 1. The van der Waals surface area contributed by atoms with E-state index in [-0.39, 0.29) is 46.2 Å². The number of rotatable bonds is 3. The van der Waals surface area contributed by atoms with Crippen molar-refractivity contribution >= 4 is 23.7 Å². The van der Waals surface area contributed by atoms with Gasteiger partial charge in [-0.1, -0.05) is 6.07 Å². The van der Waals surface area contributed by atoms with Gasteiger partial charge in [-0.25, -0.2) is 23.8 Å². The summed E-state index contributed by atoms with van der Waals surface area (Å²) in [4.78, 5) is 45.5. The molecule has 1 aromatic carbocycles. The lowest BCUT2D eigenvalue weighted by Crippen LogP contribution is -2.37. The van der Waals surface area contributed by atoms with E-state index in [0.29, 0.717) is 31.9 Å². The molecular formula is C27H26FN7O4. The minimum atomic E-state index is -0.831. The van der Waals surface area contributed by atoms with Gasteiger partial charge >= 0.3 is 6.09 Å². The largest absolute Gasteiger partial charge is 0.443 e. The number of fused-ring (bicyclic) bond motifs is 1. The molecule has 39 heavy (non-hydrogen) atoms. The lowest BCUT2D eigenvalue weighted by molar-refractivity contribution is -0.120. The molecule has 0 spiro atoms. The van der Waals surface area contributed by atoms with Crippen molar-refractivity contribution in [2.75, 3.05) is 24.5 Å². The smallest absolute Gasteiger partial charge is 0.417 e. The number of nitrogens with zero attached hydrogens (tertiary/aromatic N) is 6. The van der Waals surface area contributed by atoms with Gasteiger partial charge in [0.25, 0.3) is 5.91 Å². The number of nitrogens with one attached hydrogen (secondary N) is 1. The van der Waals surface area contributed by atoms with Crippen molar-refractivity contribution in [1.29, 1.82) is 5.26 Å². The predicted molar refractivity (Wildman–Crippen MR) is 137 cm³/mol. The summed E-state index contributed by atoms with van der Waals surface area (Å²) in [7, 11) is 0. The number of nitriles is 1. The molecule has 2 aromatic heterocycles. The van der Waals surface area contributed by atoms with E-state index in [4.69, 9.17) is 4.74 Å². The van der Waals surface area contributed by atoms with Gasteiger partial charge in [-0.15, -0.1) is 0 Å². The Kier molecular flexibility index (Phi) is 6.51. The standard InChI is InChI=1S/C27H26FN7O4/c1-27(2,3)39-26(38)34-15-19-24(25(34)37)20(13-18(31-19)23-16(14-29)5-4-6-17(23)28)35-11-7-21(32-35)33-10-8-22(36)30-9-12-33/h4-7,11,13H,8-10,12,15H2,1-3H3,(H,30,36). The molecule has 0 atom stereocenters. The highest BCUT2D eigenvalue weighted by atomic mass is 19.1. The van der Waals surface area contributed by atoms with Crippen molar-refractivity contribution in [2.45, 2.75) is 39.3 Å². The van der Waals surface area contributed by atoms with Gasteiger partial charge in [0.15, 0.2) is 5.82 Å². The minimum absolute atomic E-state index is 0.0169. The monoisotopic (exact) mass is 531 g/mol. The maximum atomic E-state index is 15.0. The van der Waals surface area contributed by atoms with Crippen LogP contribution in [0.5, 0.6) is 0 Å². The molecule has 1 N–H and O–H groups in total. The number of amides is 3. The van der Waals surface area contributed by atoms with Crippen LogP contribution in [0.4, 0.5) is 15.0 Å². The molecule has 4 heterocycles. The van der Waals surface area contributed by atoms with Gasteiger partial charge in [-0.05, 0) is 39.0 Å². The van der Waals surface area contributed by atoms with E-state index in [1.165, 1.54) is 28.9 Å². The van der Waals surface area contributed by atoms with E-state index in [2.05, 4.69) is 15.4 Å². The third kappa shape index (κ3) is 5.03. The molecule has 2 aliphatic rings. The highest BCUT2D eigenvalue weighted by Gasteiger charge is 2.39. The molecular weight excluding hydrogens is 505 g/mol. The van der Waals surface area contributed by atoms with Crippen molar-refractivity contribution < 1.29 is 23.5 Å². The fourth-order valence-electron chi connectivity index (χ4n) is 4.55. The lowest BCUT2D eigenvalue weighted by Gasteiger charge is -2.23. The number of imide groups is 1. The van der Waals surface area contributed by atoms with E-state index in [9.17, 15) is 24.0 Å². The van der Waals surface area contributed by atoms with Crippen molar-refractivity contribution in [2.24, 2.45) is 0 Å². The summed E-state index contributed by atoms with van der Waals surface area (Å²) in [6.45, 7) is 6.38.